The molecule has 2 rings (SSSR count). The van der Waals surface area contributed by atoms with E-state index < -0.39 is 5.97 Å². The van der Waals surface area contributed by atoms with Crippen LogP contribution >= 0.6 is 0 Å². The van der Waals surface area contributed by atoms with Gasteiger partial charge in [0.05, 0.1) is 19.9 Å². The topological polar surface area (TPSA) is 59.1 Å². The van der Waals surface area contributed by atoms with E-state index in [1.807, 2.05) is 24.3 Å². The first-order chi connectivity index (χ1) is 10.7. The van der Waals surface area contributed by atoms with E-state index in [2.05, 4.69) is 9.64 Å². The van der Waals surface area contributed by atoms with Crippen molar-refractivity contribution in [3.8, 4) is 5.75 Å². The summed E-state index contributed by atoms with van der Waals surface area (Å²) in [6.07, 6.45) is 2.40. The Labute approximate surface area is 129 Å². The van der Waals surface area contributed by atoms with Crippen molar-refractivity contribution in [2.24, 2.45) is 0 Å². The highest BCUT2D eigenvalue weighted by atomic mass is 16.5. The smallest absolute Gasteiger partial charge is 0.330 e. The lowest BCUT2D eigenvalue weighted by Gasteiger charge is -2.36. The Hall–Kier alpha value is -2.50. The van der Waals surface area contributed by atoms with E-state index >= 15 is 0 Å². The van der Waals surface area contributed by atoms with Crippen LogP contribution in [0.5, 0.6) is 5.75 Å². The van der Waals surface area contributed by atoms with E-state index in [-0.39, 0.29) is 5.91 Å². The summed E-state index contributed by atoms with van der Waals surface area (Å²) in [6, 6.07) is 7.83. The number of benzene rings is 1. The highest BCUT2D eigenvalue weighted by Crippen LogP contribution is 2.28. The molecule has 0 spiro atoms. The van der Waals surface area contributed by atoms with Gasteiger partial charge in [-0.05, 0) is 12.1 Å². The first-order valence-electron chi connectivity index (χ1n) is 7.08. The average Bonchev–Trinajstić information content (AvgIpc) is 2.59. The molecule has 1 amide bonds. The van der Waals surface area contributed by atoms with E-state index in [0.717, 1.165) is 30.6 Å². The molecule has 0 radical (unpaired) electrons. The largest absolute Gasteiger partial charge is 0.495 e. The minimum atomic E-state index is -0.527. The molecule has 0 atom stereocenters. The molecule has 0 saturated carbocycles. The lowest BCUT2D eigenvalue weighted by atomic mass is 10.2. The number of hydrogen-bond donors (Lipinski definition) is 0. The zero-order valence-electron chi connectivity index (χ0n) is 12.8. The van der Waals surface area contributed by atoms with Crippen molar-refractivity contribution in [1.29, 1.82) is 0 Å². The second-order valence-corrected chi connectivity index (χ2v) is 4.84. The van der Waals surface area contributed by atoms with E-state index in [4.69, 9.17) is 4.74 Å². The lowest BCUT2D eigenvalue weighted by Crippen LogP contribution is -2.48. The van der Waals surface area contributed by atoms with Gasteiger partial charge < -0.3 is 19.3 Å². The Morgan fingerprint density at radius 3 is 2.36 bits per heavy atom. The zero-order valence-corrected chi connectivity index (χ0v) is 12.8. The Morgan fingerprint density at radius 2 is 1.73 bits per heavy atom. The number of hydrogen-bond acceptors (Lipinski definition) is 5. The molecule has 6 heteroatoms. The van der Waals surface area contributed by atoms with Crippen molar-refractivity contribution in [3.63, 3.8) is 0 Å². The second kappa shape index (κ2) is 7.49. The molecule has 1 heterocycles. The van der Waals surface area contributed by atoms with Crippen LogP contribution in [-0.2, 0) is 14.3 Å². The van der Waals surface area contributed by atoms with Crippen LogP contribution in [0.25, 0.3) is 0 Å². The number of carbonyl (C=O) groups excluding carboxylic acids is 2. The van der Waals surface area contributed by atoms with Gasteiger partial charge in [0.2, 0.25) is 5.91 Å². The average molecular weight is 304 g/mol. The molecule has 1 fully saturated rings. The standard InChI is InChI=1S/C16H20N2O4/c1-21-14-6-4-3-5-13(14)17-9-11-18(12-10-17)15(19)7-8-16(20)22-2/h3-8H,9-12H2,1-2H3. The summed E-state index contributed by atoms with van der Waals surface area (Å²) in [5.41, 5.74) is 1.03. The molecular weight excluding hydrogens is 284 g/mol. The number of esters is 1. The molecular formula is C16H20N2O4. The SMILES string of the molecule is COC(=O)C=CC(=O)N1CCN(c2ccccc2OC)CC1. The Kier molecular flexibility index (Phi) is 5.41. The van der Waals surface area contributed by atoms with Gasteiger partial charge in [0.25, 0.3) is 0 Å². The Bertz CT molecular complexity index is 563. The van der Waals surface area contributed by atoms with E-state index in [1.54, 1.807) is 12.0 Å². The van der Waals surface area contributed by atoms with Crippen LogP contribution in [0.4, 0.5) is 5.69 Å². The summed E-state index contributed by atoms with van der Waals surface area (Å²) in [6.45, 7) is 2.64. The van der Waals surface area contributed by atoms with Crippen molar-refractivity contribution in [2.45, 2.75) is 0 Å². The number of amides is 1. The number of nitrogens with zero attached hydrogens (tertiary/aromatic N) is 2. The van der Waals surface area contributed by atoms with Crippen molar-refractivity contribution in [2.75, 3.05) is 45.3 Å². The van der Waals surface area contributed by atoms with E-state index in [9.17, 15) is 9.59 Å². The molecule has 6 nitrogen and oxygen atoms in total. The fourth-order valence-electron chi connectivity index (χ4n) is 2.37. The van der Waals surface area contributed by atoms with Crippen LogP contribution in [0, 0.1) is 0 Å². The molecule has 0 bridgehead atoms. The van der Waals surface area contributed by atoms with Crippen molar-refractivity contribution < 1.29 is 19.1 Å². The molecule has 1 aliphatic heterocycles. The van der Waals surface area contributed by atoms with Crippen LogP contribution in [0.1, 0.15) is 0 Å². The third kappa shape index (κ3) is 3.78. The Morgan fingerprint density at radius 1 is 1.05 bits per heavy atom. The summed E-state index contributed by atoms with van der Waals surface area (Å²) in [5, 5.41) is 0. The van der Waals surface area contributed by atoms with E-state index in [0.29, 0.717) is 13.1 Å². The predicted octanol–water partition coefficient (Wildman–Crippen LogP) is 1.07. The maximum Gasteiger partial charge on any atom is 0.330 e. The fraction of sp³-hybridized carbons (Fsp3) is 0.375. The third-order valence-electron chi connectivity index (χ3n) is 3.58. The number of carbonyl (C=O) groups is 2. The highest BCUT2D eigenvalue weighted by Gasteiger charge is 2.21. The highest BCUT2D eigenvalue weighted by molar-refractivity contribution is 5.94. The van der Waals surface area contributed by atoms with Crippen molar-refractivity contribution in [1.82, 2.24) is 4.90 Å². The second-order valence-electron chi connectivity index (χ2n) is 4.84. The molecule has 1 saturated heterocycles. The van der Waals surface area contributed by atoms with Crippen LogP contribution < -0.4 is 9.64 Å². The molecule has 0 aliphatic carbocycles. The van der Waals surface area contributed by atoms with Gasteiger partial charge in [0.15, 0.2) is 0 Å². The molecule has 1 aromatic carbocycles. The van der Waals surface area contributed by atoms with Gasteiger partial charge in [-0.3, -0.25) is 4.79 Å². The van der Waals surface area contributed by atoms with Gasteiger partial charge in [-0.15, -0.1) is 0 Å². The quantitative estimate of drug-likeness (QED) is 0.615. The third-order valence-corrected chi connectivity index (χ3v) is 3.58. The van der Waals surface area contributed by atoms with Crippen molar-refractivity contribution >= 4 is 17.6 Å². The normalized spacial score (nSPS) is 15.0. The molecule has 118 valence electrons. The fourth-order valence-corrected chi connectivity index (χ4v) is 2.37. The maximum absolute atomic E-state index is 12.0. The van der Waals surface area contributed by atoms with Gasteiger partial charge in [-0.2, -0.15) is 0 Å². The first-order valence-corrected chi connectivity index (χ1v) is 7.08. The summed E-state index contributed by atoms with van der Waals surface area (Å²) < 4.78 is 9.84. The zero-order chi connectivity index (χ0) is 15.9. The lowest BCUT2D eigenvalue weighted by molar-refractivity contribution is -0.135. The van der Waals surface area contributed by atoms with Crippen LogP contribution in [0.3, 0.4) is 0 Å². The summed E-state index contributed by atoms with van der Waals surface area (Å²) in [5.74, 6) is 0.124. The molecule has 0 unspecified atom stereocenters. The van der Waals surface area contributed by atoms with Gasteiger partial charge in [0.1, 0.15) is 5.75 Å². The minimum absolute atomic E-state index is 0.176. The van der Waals surface area contributed by atoms with Gasteiger partial charge in [-0.1, -0.05) is 12.1 Å². The number of ether oxygens (including phenoxy) is 2. The number of para-hydroxylation sites is 2. The molecule has 22 heavy (non-hydrogen) atoms. The Balaban J connectivity index is 1.94. The van der Waals surface area contributed by atoms with Crippen LogP contribution in [0.15, 0.2) is 36.4 Å². The van der Waals surface area contributed by atoms with Crippen LogP contribution in [-0.4, -0.2) is 57.2 Å². The minimum Gasteiger partial charge on any atom is -0.495 e. The molecule has 0 aromatic heterocycles. The summed E-state index contributed by atoms with van der Waals surface area (Å²) in [4.78, 5) is 26.9. The summed E-state index contributed by atoms with van der Waals surface area (Å²) >= 11 is 0. The number of methoxy groups -OCH3 is 2. The van der Waals surface area contributed by atoms with Crippen molar-refractivity contribution in [3.05, 3.63) is 36.4 Å². The van der Waals surface area contributed by atoms with Gasteiger partial charge in [0, 0.05) is 38.3 Å². The summed E-state index contributed by atoms with van der Waals surface area (Å²) in [7, 11) is 2.93. The predicted molar refractivity (Wildman–Crippen MR) is 82.9 cm³/mol. The number of piperazine rings is 1. The molecule has 1 aromatic rings. The van der Waals surface area contributed by atoms with E-state index in [1.165, 1.54) is 13.2 Å². The number of anilines is 1. The first kappa shape index (κ1) is 15.9. The monoisotopic (exact) mass is 304 g/mol. The molecule has 0 N–H and O–H groups in total. The van der Waals surface area contributed by atoms with Gasteiger partial charge >= 0.3 is 5.97 Å². The maximum atomic E-state index is 12.0. The number of rotatable bonds is 4. The van der Waals surface area contributed by atoms with Gasteiger partial charge in [-0.25, -0.2) is 4.79 Å². The van der Waals surface area contributed by atoms with Crippen LogP contribution in [0.2, 0.25) is 0 Å². The molecule has 1 aliphatic rings.